The molecule has 0 amide bonds. The molecule has 1 unspecified atom stereocenters. The number of ether oxygens (including phenoxy) is 1. The molecule has 0 aliphatic carbocycles. The maximum atomic E-state index is 9.20. The second-order valence-electron chi connectivity index (χ2n) is 5.15. The lowest BCUT2D eigenvalue weighted by molar-refractivity contribution is -0.0900. The van der Waals surface area contributed by atoms with Gasteiger partial charge >= 0.3 is 0 Å². The van der Waals surface area contributed by atoms with Crippen molar-refractivity contribution in [2.24, 2.45) is 0 Å². The van der Waals surface area contributed by atoms with Gasteiger partial charge in [0.25, 0.3) is 0 Å². The second-order valence-corrected chi connectivity index (χ2v) is 5.15. The van der Waals surface area contributed by atoms with Gasteiger partial charge in [0.05, 0.1) is 6.61 Å². The normalized spacial score (nSPS) is 12.5. The average molecular weight is 285 g/mol. The van der Waals surface area contributed by atoms with Gasteiger partial charge in [-0.05, 0) is 18.1 Å². The third kappa shape index (κ3) is 6.08. The Kier molecular flexibility index (Phi) is 6.41. The minimum atomic E-state index is -0.708. The molecule has 0 spiro atoms. The summed E-state index contributed by atoms with van der Waals surface area (Å²) in [6.07, 6.45) is -0.708. The van der Waals surface area contributed by atoms with E-state index in [1.165, 1.54) is 11.1 Å². The molecule has 0 saturated heterocycles. The highest BCUT2D eigenvalue weighted by molar-refractivity contribution is 5.17. The maximum Gasteiger partial charge on any atom is 0.151 e. The van der Waals surface area contributed by atoms with Gasteiger partial charge in [-0.3, -0.25) is 4.90 Å². The highest BCUT2D eigenvalue weighted by atomic mass is 16.6. The molecule has 1 atom stereocenters. The van der Waals surface area contributed by atoms with Gasteiger partial charge in [0.2, 0.25) is 0 Å². The van der Waals surface area contributed by atoms with Crippen LogP contribution in [-0.4, -0.2) is 29.4 Å². The summed E-state index contributed by atoms with van der Waals surface area (Å²) in [5.41, 5.74) is 2.57. The van der Waals surface area contributed by atoms with E-state index in [0.717, 1.165) is 19.6 Å². The summed E-state index contributed by atoms with van der Waals surface area (Å²) in [4.78, 5) is 2.33. The van der Waals surface area contributed by atoms with Gasteiger partial charge in [0.1, 0.15) is 0 Å². The summed E-state index contributed by atoms with van der Waals surface area (Å²) in [7, 11) is 0. The predicted octanol–water partition coefficient (Wildman–Crippen LogP) is 3.04. The number of hydrogen-bond donors (Lipinski definition) is 1. The van der Waals surface area contributed by atoms with Crippen LogP contribution < -0.4 is 0 Å². The van der Waals surface area contributed by atoms with Gasteiger partial charge in [0.15, 0.2) is 6.29 Å². The Bertz CT molecular complexity index is 458. The highest BCUT2D eigenvalue weighted by Gasteiger charge is 2.08. The van der Waals surface area contributed by atoms with Crippen molar-refractivity contribution in [3.8, 4) is 0 Å². The first-order valence-electron chi connectivity index (χ1n) is 7.34. The van der Waals surface area contributed by atoms with Crippen LogP contribution >= 0.6 is 0 Å². The Labute approximate surface area is 126 Å². The quantitative estimate of drug-likeness (QED) is 0.757. The lowest BCUT2D eigenvalue weighted by Crippen LogP contribution is -2.28. The number of aliphatic hydroxyl groups is 1. The molecule has 3 nitrogen and oxygen atoms in total. The van der Waals surface area contributed by atoms with Crippen molar-refractivity contribution in [2.75, 3.05) is 13.2 Å². The van der Waals surface area contributed by atoms with Crippen LogP contribution in [-0.2, 0) is 17.8 Å². The molecule has 1 N–H and O–H groups in total. The van der Waals surface area contributed by atoms with Crippen LogP contribution in [0.25, 0.3) is 0 Å². The fourth-order valence-corrected chi connectivity index (χ4v) is 2.25. The van der Waals surface area contributed by atoms with E-state index in [4.69, 9.17) is 4.74 Å². The summed E-state index contributed by atoms with van der Waals surface area (Å²) < 4.78 is 5.26. The van der Waals surface area contributed by atoms with Crippen LogP contribution in [0.4, 0.5) is 0 Å². The molecule has 0 saturated carbocycles. The van der Waals surface area contributed by atoms with Crippen molar-refractivity contribution in [3.05, 3.63) is 71.8 Å². The monoisotopic (exact) mass is 285 g/mol. The number of benzene rings is 2. The SMILES string of the molecule is CC(O)OCCN(Cc1ccccc1)Cc1ccccc1. The van der Waals surface area contributed by atoms with Gasteiger partial charge in [-0.15, -0.1) is 0 Å². The first kappa shape index (κ1) is 15.7. The molecule has 0 aromatic heterocycles. The molecule has 21 heavy (non-hydrogen) atoms. The van der Waals surface area contributed by atoms with Gasteiger partial charge < -0.3 is 9.84 Å². The third-order valence-corrected chi connectivity index (χ3v) is 3.26. The molecule has 0 heterocycles. The maximum absolute atomic E-state index is 9.20. The molecule has 2 aromatic rings. The number of aliphatic hydroxyl groups excluding tert-OH is 1. The van der Waals surface area contributed by atoms with Crippen molar-refractivity contribution in [2.45, 2.75) is 26.3 Å². The predicted molar refractivity (Wildman–Crippen MR) is 84.6 cm³/mol. The van der Waals surface area contributed by atoms with Crippen LogP contribution in [0.2, 0.25) is 0 Å². The van der Waals surface area contributed by atoms with Crippen molar-refractivity contribution >= 4 is 0 Å². The zero-order valence-electron chi connectivity index (χ0n) is 12.5. The van der Waals surface area contributed by atoms with Crippen molar-refractivity contribution in [3.63, 3.8) is 0 Å². The Morgan fingerprint density at radius 1 is 0.905 bits per heavy atom. The van der Waals surface area contributed by atoms with Crippen molar-refractivity contribution in [1.82, 2.24) is 4.90 Å². The van der Waals surface area contributed by atoms with E-state index in [0.29, 0.717) is 6.61 Å². The zero-order valence-corrected chi connectivity index (χ0v) is 12.5. The Balaban J connectivity index is 1.96. The average Bonchev–Trinajstić information content (AvgIpc) is 2.49. The van der Waals surface area contributed by atoms with Crippen LogP contribution in [0.1, 0.15) is 18.1 Å². The molecule has 0 aliphatic rings. The fraction of sp³-hybridized carbons (Fsp3) is 0.333. The first-order valence-corrected chi connectivity index (χ1v) is 7.34. The van der Waals surface area contributed by atoms with E-state index < -0.39 is 6.29 Å². The minimum absolute atomic E-state index is 0.525. The molecule has 2 aromatic carbocycles. The minimum Gasteiger partial charge on any atom is -0.368 e. The van der Waals surface area contributed by atoms with Gasteiger partial charge in [0, 0.05) is 19.6 Å². The number of hydrogen-bond acceptors (Lipinski definition) is 3. The lowest BCUT2D eigenvalue weighted by Gasteiger charge is -2.23. The van der Waals surface area contributed by atoms with Crippen LogP contribution in [0.3, 0.4) is 0 Å². The molecule has 3 heteroatoms. The molecular weight excluding hydrogens is 262 g/mol. The van der Waals surface area contributed by atoms with E-state index in [1.807, 2.05) is 12.1 Å². The molecule has 0 radical (unpaired) electrons. The molecule has 2 rings (SSSR count). The molecule has 0 aliphatic heterocycles. The van der Waals surface area contributed by atoms with Gasteiger partial charge in [-0.25, -0.2) is 0 Å². The molecule has 112 valence electrons. The van der Waals surface area contributed by atoms with Gasteiger partial charge in [-0.2, -0.15) is 0 Å². The Morgan fingerprint density at radius 3 is 1.81 bits per heavy atom. The standard InChI is InChI=1S/C18H23NO2/c1-16(20)21-13-12-19(14-17-8-4-2-5-9-17)15-18-10-6-3-7-11-18/h2-11,16,20H,12-15H2,1H3. The summed E-state index contributed by atoms with van der Waals surface area (Å²) >= 11 is 0. The summed E-state index contributed by atoms with van der Waals surface area (Å²) in [5, 5.41) is 9.20. The highest BCUT2D eigenvalue weighted by Crippen LogP contribution is 2.09. The smallest absolute Gasteiger partial charge is 0.151 e. The number of nitrogens with zero attached hydrogens (tertiary/aromatic N) is 1. The summed E-state index contributed by atoms with van der Waals surface area (Å²) in [5.74, 6) is 0. The van der Waals surface area contributed by atoms with Crippen molar-refractivity contribution < 1.29 is 9.84 Å². The first-order chi connectivity index (χ1) is 10.2. The van der Waals surface area contributed by atoms with E-state index in [9.17, 15) is 5.11 Å². The van der Waals surface area contributed by atoms with Crippen LogP contribution in [0.5, 0.6) is 0 Å². The van der Waals surface area contributed by atoms with E-state index in [-0.39, 0.29) is 0 Å². The second kappa shape index (κ2) is 8.57. The van der Waals surface area contributed by atoms with Gasteiger partial charge in [-0.1, -0.05) is 60.7 Å². The van der Waals surface area contributed by atoms with E-state index in [1.54, 1.807) is 6.92 Å². The van der Waals surface area contributed by atoms with Crippen molar-refractivity contribution in [1.29, 1.82) is 0 Å². The summed E-state index contributed by atoms with van der Waals surface area (Å²) in [6.45, 7) is 4.70. The van der Waals surface area contributed by atoms with Crippen LogP contribution in [0.15, 0.2) is 60.7 Å². The lowest BCUT2D eigenvalue weighted by atomic mass is 10.1. The Hall–Kier alpha value is -1.68. The Morgan fingerprint density at radius 2 is 1.38 bits per heavy atom. The summed E-state index contributed by atoms with van der Waals surface area (Å²) in [6, 6.07) is 20.8. The third-order valence-electron chi connectivity index (χ3n) is 3.26. The molecule has 0 fully saturated rings. The zero-order chi connectivity index (χ0) is 14.9. The molecular formula is C18H23NO2. The molecule has 0 bridgehead atoms. The number of rotatable bonds is 8. The topological polar surface area (TPSA) is 32.7 Å². The van der Waals surface area contributed by atoms with Crippen LogP contribution in [0, 0.1) is 0 Å². The van der Waals surface area contributed by atoms with E-state index >= 15 is 0 Å². The largest absolute Gasteiger partial charge is 0.368 e. The van der Waals surface area contributed by atoms with E-state index in [2.05, 4.69) is 53.4 Å². The fourth-order valence-electron chi connectivity index (χ4n) is 2.25.